The van der Waals surface area contributed by atoms with Crippen LogP contribution >= 0.6 is 23.2 Å². The van der Waals surface area contributed by atoms with Crippen molar-refractivity contribution in [1.82, 2.24) is 4.90 Å². The number of anilines is 2. The van der Waals surface area contributed by atoms with Gasteiger partial charge in [0, 0.05) is 49.0 Å². The summed E-state index contributed by atoms with van der Waals surface area (Å²) >= 11 is 12.0. The SMILES string of the molecule is CCCCC(=O)N1CCN(c2ccc(NC(=O)c3ccc(Cl)cc3Cl)cc2)CC1. The van der Waals surface area contributed by atoms with Crippen LogP contribution in [0.4, 0.5) is 11.4 Å². The molecule has 0 aromatic heterocycles. The average molecular weight is 434 g/mol. The summed E-state index contributed by atoms with van der Waals surface area (Å²) in [6.07, 6.45) is 2.63. The molecule has 0 unspecified atom stereocenters. The molecule has 2 aromatic rings. The normalized spacial score (nSPS) is 14.0. The van der Waals surface area contributed by atoms with Crippen molar-refractivity contribution in [2.75, 3.05) is 36.4 Å². The van der Waals surface area contributed by atoms with Crippen molar-refractivity contribution in [1.29, 1.82) is 0 Å². The number of benzene rings is 2. The maximum Gasteiger partial charge on any atom is 0.257 e. The van der Waals surface area contributed by atoms with E-state index in [0.29, 0.717) is 27.7 Å². The minimum absolute atomic E-state index is 0.255. The summed E-state index contributed by atoms with van der Waals surface area (Å²) in [6, 6.07) is 12.5. The predicted molar refractivity (Wildman–Crippen MR) is 119 cm³/mol. The van der Waals surface area contributed by atoms with E-state index >= 15 is 0 Å². The van der Waals surface area contributed by atoms with Crippen molar-refractivity contribution in [2.24, 2.45) is 0 Å². The number of carbonyl (C=O) groups excluding carboxylic acids is 2. The summed E-state index contributed by atoms with van der Waals surface area (Å²) in [4.78, 5) is 28.8. The van der Waals surface area contributed by atoms with Crippen molar-refractivity contribution in [3.05, 3.63) is 58.1 Å². The van der Waals surface area contributed by atoms with Gasteiger partial charge in [0.1, 0.15) is 0 Å². The molecule has 0 radical (unpaired) electrons. The standard InChI is InChI=1S/C22H25Cl2N3O2/c1-2-3-4-21(28)27-13-11-26(12-14-27)18-8-6-17(7-9-18)25-22(29)19-10-5-16(23)15-20(19)24/h5-10,15H,2-4,11-14H2,1H3,(H,25,29). The van der Waals surface area contributed by atoms with Crippen LogP contribution in [0.1, 0.15) is 36.5 Å². The minimum Gasteiger partial charge on any atom is -0.368 e. The molecule has 154 valence electrons. The molecule has 0 saturated carbocycles. The first kappa shape index (κ1) is 21.5. The average Bonchev–Trinajstić information content (AvgIpc) is 2.72. The van der Waals surface area contributed by atoms with Gasteiger partial charge in [-0.3, -0.25) is 9.59 Å². The first-order valence-electron chi connectivity index (χ1n) is 9.87. The first-order valence-corrected chi connectivity index (χ1v) is 10.6. The van der Waals surface area contributed by atoms with Gasteiger partial charge in [-0.2, -0.15) is 0 Å². The van der Waals surface area contributed by atoms with Crippen molar-refractivity contribution in [3.63, 3.8) is 0 Å². The molecule has 2 aromatic carbocycles. The van der Waals surface area contributed by atoms with E-state index in [2.05, 4.69) is 17.1 Å². The molecule has 0 aliphatic carbocycles. The highest BCUT2D eigenvalue weighted by Crippen LogP contribution is 2.24. The number of piperazine rings is 1. The Morgan fingerprint density at radius 3 is 2.31 bits per heavy atom. The van der Waals surface area contributed by atoms with Gasteiger partial charge in [-0.25, -0.2) is 0 Å². The Labute approximate surface area is 181 Å². The van der Waals surface area contributed by atoms with E-state index in [-0.39, 0.29) is 11.8 Å². The van der Waals surface area contributed by atoms with Gasteiger partial charge >= 0.3 is 0 Å². The lowest BCUT2D eigenvalue weighted by Gasteiger charge is -2.36. The molecule has 7 heteroatoms. The van der Waals surface area contributed by atoms with E-state index in [1.165, 1.54) is 0 Å². The van der Waals surface area contributed by atoms with Gasteiger partial charge in [-0.05, 0) is 48.9 Å². The largest absolute Gasteiger partial charge is 0.368 e. The number of nitrogens with one attached hydrogen (secondary N) is 1. The summed E-state index contributed by atoms with van der Waals surface area (Å²) in [7, 11) is 0. The van der Waals surface area contributed by atoms with Crippen LogP contribution in [0.5, 0.6) is 0 Å². The molecule has 3 rings (SSSR count). The van der Waals surface area contributed by atoms with Gasteiger partial charge in [0.25, 0.3) is 5.91 Å². The molecule has 1 fully saturated rings. The molecular weight excluding hydrogens is 409 g/mol. The van der Waals surface area contributed by atoms with Crippen LogP contribution in [-0.2, 0) is 4.79 Å². The van der Waals surface area contributed by atoms with E-state index in [1.807, 2.05) is 29.2 Å². The lowest BCUT2D eigenvalue weighted by atomic mass is 10.2. The van der Waals surface area contributed by atoms with Gasteiger partial charge in [0.15, 0.2) is 0 Å². The smallest absolute Gasteiger partial charge is 0.257 e. The molecule has 5 nitrogen and oxygen atoms in total. The molecule has 0 atom stereocenters. The van der Waals surface area contributed by atoms with Crippen LogP contribution in [0, 0.1) is 0 Å². The molecule has 1 aliphatic rings. The van der Waals surface area contributed by atoms with E-state index < -0.39 is 0 Å². The number of rotatable bonds is 6. The number of hydrogen-bond acceptors (Lipinski definition) is 3. The van der Waals surface area contributed by atoms with Gasteiger partial charge in [0.05, 0.1) is 10.6 Å². The van der Waals surface area contributed by atoms with Gasteiger partial charge in [-0.1, -0.05) is 36.5 Å². The quantitative estimate of drug-likeness (QED) is 0.690. The summed E-state index contributed by atoms with van der Waals surface area (Å²) in [5, 5.41) is 3.66. The number of carbonyl (C=O) groups is 2. The number of halogens is 2. The predicted octanol–water partition coefficient (Wildman–Crippen LogP) is 5.08. The van der Waals surface area contributed by atoms with Crippen molar-refractivity contribution >= 4 is 46.4 Å². The molecule has 1 heterocycles. The van der Waals surface area contributed by atoms with Crippen LogP contribution in [0.3, 0.4) is 0 Å². The second-order valence-electron chi connectivity index (χ2n) is 7.10. The Balaban J connectivity index is 1.55. The molecule has 2 amide bonds. The molecule has 29 heavy (non-hydrogen) atoms. The van der Waals surface area contributed by atoms with Crippen LogP contribution in [0.2, 0.25) is 10.0 Å². The Kier molecular flexibility index (Phi) is 7.40. The molecule has 0 spiro atoms. The zero-order chi connectivity index (χ0) is 20.8. The van der Waals surface area contributed by atoms with Gasteiger partial charge in [0.2, 0.25) is 5.91 Å². The van der Waals surface area contributed by atoms with Crippen LogP contribution in [0.15, 0.2) is 42.5 Å². The Bertz CT molecular complexity index is 863. The van der Waals surface area contributed by atoms with Crippen molar-refractivity contribution in [2.45, 2.75) is 26.2 Å². The second kappa shape index (κ2) is 9.99. The lowest BCUT2D eigenvalue weighted by Crippen LogP contribution is -2.48. The zero-order valence-electron chi connectivity index (χ0n) is 16.5. The van der Waals surface area contributed by atoms with Crippen molar-refractivity contribution < 1.29 is 9.59 Å². The van der Waals surface area contributed by atoms with E-state index in [1.54, 1.807) is 18.2 Å². The highest BCUT2D eigenvalue weighted by Gasteiger charge is 2.21. The Hall–Kier alpha value is -2.24. The lowest BCUT2D eigenvalue weighted by molar-refractivity contribution is -0.131. The van der Waals surface area contributed by atoms with Crippen molar-refractivity contribution in [3.8, 4) is 0 Å². The molecule has 0 bridgehead atoms. The van der Waals surface area contributed by atoms with Gasteiger partial charge < -0.3 is 15.1 Å². The summed E-state index contributed by atoms with van der Waals surface area (Å²) in [5.74, 6) is -0.0240. The maximum atomic E-state index is 12.4. The Morgan fingerprint density at radius 1 is 1.00 bits per heavy atom. The Morgan fingerprint density at radius 2 is 1.69 bits per heavy atom. The fraction of sp³-hybridized carbons (Fsp3) is 0.364. The van der Waals surface area contributed by atoms with E-state index in [9.17, 15) is 9.59 Å². The van der Waals surface area contributed by atoms with Gasteiger partial charge in [-0.15, -0.1) is 0 Å². The monoisotopic (exact) mass is 433 g/mol. The summed E-state index contributed by atoms with van der Waals surface area (Å²) in [5.41, 5.74) is 2.15. The third kappa shape index (κ3) is 5.64. The minimum atomic E-state index is -0.279. The molecular formula is C22H25Cl2N3O2. The summed E-state index contributed by atoms with van der Waals surface area (Å²) < 4.78 is 0. The number of unbranched alkanes of at least 4 members (excludes halogenated alkanes) is 1. The number of nitrogens with zero attached hydrogens (tertiary/aromatic N) is 2. The molecule has 1 saturated heterocycles. The zero-order valence-corrected chi connectivity index (χ0v) is 18.0. The summed E-state index contributed by atoms with van der Waals surface area (Å²) in [6.45, 7) is 5.21. The van der Waals surface area contributed by atoms with E-state index in [0.717, 1.165) is 44.7 Å². The third-order valence-corrected chi connectivity index (χ3v) is 5.59. The highest BCUT2D eigenvalue weighted by molar-refractivity contribution is 6.37. The molecule has 1 N–H and O–H groups in total. The fourth-order valence-electron chi connectivity index (χ4n) is 3.33. The molecule has 1 aliphatic heterocycles. The van der Waals surface area contributed by atoms with Crippen LogP contribution in [-0.4, -0.2) is 42.9 Å². The maximum absolute atomic E-state index is 12.4. The van der Waals surface area contributed by atoms with Crippen LogP contribution in [0.25, 0.3) is 0 Å². The van der Waals surface area contributed by atoms with E-state index in [4.69, 9.17) is 23.2 Å². The van der Waals surface area contributed by atoms with Crippen LogP contribution < -0.4 is 10.2 Å². The second-order valence-corrected chi connectivity index (χ2v) is 7.94. The number of hydrogen-bond donors (Lipinski definition) is 1. The highest BCUT2D eigenvalue weighted by atomic mass is 35.5. The number of amides is 2. The topological polar surface area (TPSA) is 52.7 Å². The first-order chi connectivity index (χ1) is 14.0. The fourth-order valence-corrected chi connectivity index (χ4v) is 3.82. The third-order valence-electron chi connectivity index (χ3n) is 5.04.